The van der Waals surface area contributed by atoms with Crippen molar-refractivity contribution in [3.63, 3.8) is 0 Å². The molecular formula is C24H24FN3O2. The molecule has 1 aliphatic rings. The van der Waals surface area contributed by atoms with Crippen molar-refractivity contribution < 1.29 is 9.18 Å². The summed E-state index contributed by atoms with van der Waals surface area (Å²) in [7, 11) is 0. The number of fused-ring (bicyclic) bond motifs is 1. The third-order valence-electron chi connectivity index (χ3n) is 5.89. The third kappa shape index (κ3) is 3.90. The van der Waals surface area contributed by atoms with Gasteiger partial charge < -0.3 is 4.90 Å². The zero-order valence-corrected chi connectivity index (χ0v) is 17.0. The molecule has 0 radical (unpaired) electrons. The Kier molecular flexibility index (Phi) is 5.48. The van der Waals surface area contributed by atoms with Gasteiger partial charge in [-0.05, 0) is 49.4 Å². The second-order valence-corrected chi connectivity index (χ2v) is 7.95. The van der Waals surface area contributed by atoms with E-state index in [-0.39, 0.29) is 17.0 Å². The maximum atomic E-state index is 14.5. The van der Waals surface area contributed by atoms with Crippen molar-refractivity contribution in [2.45, 2.75) is 26.2 Å². The second kappa shape index (κ2) is 8.22. The van der Waals surface area contributed by atoms with Gasteiger partial charge in [0.25, 0.3) is 11.5 Å². The molecule has 0 spiro atoms. The predicted octanol–water partition coefficient (Wildman–Crippen LogP) is 4.08. The number of rotatable bonds is 4. The van der Waals surface area contributed by atoms with Crippen LogP contribution in [0.4, 0.5) is 4.39 Å². The van der Waals surface area contributed by atoms with Gasteiger partial charge in [-0.15, -0.1) is 0 Å². The number of hydrogen-bond donors (Lipinski definition) is 1. The van der Waals surface area contributed by atoms with E-state index in [2.05, 4.69) is 16.8 Å². The Labute approximate surface area is 174 Å². The van der Waals surface area contributed by atoms with E-state index in [0.717, 1.165) is 29.4 Å². The number of nitrogens with zero attached hydrogens (tertiary/aromatic N) is 2. The molecule has 154 valence electrons. The van der Waals surface area contributed by atoms with Crippen LogP contribution in [0.25, 0.3) is 10.8 Å². The number of aromatic amines is 1. The van der Waals surface area contributed by atoms with Gasteiger partial charge in [-0.25, -0.2) is 9.49 Å². The molecule has 1 N–H and O–H groups in total. The molecule has 0 atom stereocenters. The van der Waals surface area contributed by atoms with Gasteiger partial charge in [0.2, 0.25) is 0 Å². The number of likely N-dealkylation sites (tertiary alicyclic amines) is 1. The maximum Gasteiger partial charge on any atom is 0.272 e. The van der Waals surface area contributed by atoms with Crippen LogP contribution in [0.15, 0.2) is 59.4 Å². The first-order chi connectivity index (χ1) is 14.4. The number of benzene rings is 2. The number of amides is 1. The van der Waals surface area contributed by atoms with E-state index in [0.29, 0.717) is 36.5 Å². The Hall–Kier alpha value is -3.28. The molecule has 3 aromatic rings. The number of aromatic nitrogens is 2. The van der Waals surface area contributed by atoms with Gasteiger partial charge in [-0.2, -0.15) is 5.10 Å². The zero-order valence-electron chi connectivity index (χ0n) is 17.0. The van der Waals surface area contributed by atoms with Crippen molar-refractivity contribution in [2.24, 2.45) is 5.92 Å². The highest BCUT2D eigenvalue weighted by molar-refractivity contribution is 5.95. The SMILES string of the molecule is C=C(C)C1CCN(C(=O)c2cc(Cc3n[nH]c(=O)c4ccccc34)ccc2F)CC1. The van der Waals surface area contributed by atoms with Gasteiger partial charge in [0.05, 0.1) is 16.6 Å². The summed E-state index contributed by atoms with van der Waals surface area (Å²) in [4.78, 5) is 26.7. The molecule has 2 heterocycles. The number of carbonyl (C=O) groups excluding carboxylic acids is 1. The topological polar surface area (TPSA) is 66.1 Å². The fourth-order valence-electron chi connectivity index (χ4n) is 4.09. The molecule has 0 bridgehead atoms. The Morgan fingerprint density at radius 1 is 1.20 bits per heavy atom. The number of nitrogens with one attached hydrogen (secondary N) is 1. The normalized spacial score (nSPS) is 14.8. The molecule has 0 aliphatic carbocycles. The molecule has 1 fully saturated rings. The first-order valence-electron chi connectivity index (χ1n) is 10.1. The van der Waals surface area contributed by atoms with Gasteiger partial charge in [-0.3, -0.25) is 9.59 Å². The maximum absolute atomic E-state index is 14.5. The first-order valence-corrected chi connectivity index (χ1v) is 10.1. The molecule has 5 nitrogen and oxygen atoms in total. The van der Waals surface area contributed by atoms with Crippen molar-refractivity contribution in [3.8, 4) is 0 Å². The standard InChI is InChI=1S/C24H24FN3O2/c1-15(2)17-9-11-28(12-10-17)24(30)20-13-16(7-8-21(20)25)14-22-18-5-3-4-6-19(18)23(29)27-26-22/h3-8,13,17H,1,9-12,14H2,2H3,(H,27,29). The van der Waals surface area contributed by atoms with Crippen molar-refractivity contribution in [2.75, 3.05) is 13.1 Å². The van der Waals surface area contributed by atoms with E-state index >= 15 is 0 Å². The molecule has 4 rings (SSSR count). The highest BCUT2D eigenvalue weighted by Crippen LogP contribution is 2.25. The number of H-pyrrole nitrogens is 1. The summed E-state index contributed by atoms with van der Waals surface area (Å²) in [5, 5.41) is 8.00. The van der Waals surface area contributed by atoms with Crippen LogP contribution in [0.2, 0.25) is 0 Å². The van der Waals surface area contributed by atoms with Gasteiger partial charge in [0.1, 0.15) is 5.82 Å². The van der Waals surface area contributed by atoms with Crippen LogP contribution in [0.5, 0.6) is 0 Å². The molecule has 0 unspecified atom stereocenters. The highest BCUT2D eigenvalue weighted by Gasteiger charge is 2.25. The van der Waals surface area contributed by atoms with Crippen molar-refractivity contribution in [1.82, 2.24) is 15.1 Å². The first kappa shape index (κ1) is 20.0. The number of halogens is 1. The zero-order chi connectivity index (χ0) is 21.3. The van der Waals surface area contributed by atoms with Crippen LogP contribution >= 0.6 is 0 Å². The second-order valence-electron chi connectivity index (χ2n) is 7.95. The summed E-state index contributed by atoms with van der Waals surface area (Å²) in [6.07, 6.45) is 2.10. The van der Waals surface area contributed by atoms with E-state index in [1.54, 1.807) is 29.2 Å². The summed E-state index contributed by atoms with van der Waals surface area (Å²) in [6, 6.07) is 11.8. The lowest BCUT2D eigenvalue weighted by molar-refractivity contribution is 0.0697. The quantitative estimate of drug-likeness (QED) is 0.665. The minimum atomic E-state index is -0.523. The van der Waals surface area contributed by atoms with E-state index in [4.69, 9.17) is 0 Å². The van der Waals surface area contributed by atoms with Crippen LogP contribution in [0, 0.1) is 11.7 Å². The van der Waals surface area contributed by atoms with Crippen molar-refractivity contribution in [3.05, 3.63) is 87.6 Å². The fourth-order valence-corrected chi connectivity index (χ4v) is 4.09. The van der Waals surface area contributed by atoms with E-state index in [1.807, 2.05) is 19.1 Å². The van der Waals surface area contributed by atoms with Crippen LogP contribution < -0.4 is 5.56 Å². The van der Waals surface area contributed by atoms with Gasteiger partial charge >= 0.3 is 0 Å². The summed E-state index contributed by atoms with van der Waals surface area (Å²) >= 11 is 0. The Bertz CT molecular complexity index is 1180. The monoisotopic (exact) mass is 405 g/mol. The number of allylic oxidation sites excluding steroid dienone is 1. The van der Waals surface area contributed by atoms with Gasteiger partial charge in [0.15, 0.2) is 0 Å². The highest BCUT2D eigenvalue weighted by atomic mass is 19.1. The molecule has 1 aromatic heterocycles. The largest absolute Gasteiger partial charge is 0.339 e. The average Bonchev–Trinajstić information content (AvgIpc) is 2.76. The lowest BCUT2D eigenvalue weighted by Crippen LogP contribution is -2.39. The third-order valence-corrected chi connectivity index (χ3v) is 5.89. The number of piperidine rings is 1. The van der Waals surface area contributed by atoms with E-state index in [9.17, 15) is 14.0 Å². The summed E-state index contributed by atoms with van der Waals surface area (Å²) in [5.74, 6) is -0.385. The van der Waals surface area contributed by atoms with Crippen LogP contribution in [-0.4, -0.2) is 34.1 Å². The summed E-state index contributed by atoms with van der Waals surface area (Å²) in [6.45, 7) is 7.23. The molecule has 6 heteroatoms. The molecule has 1 amide bonds. The molecular weight excluding hydrogens is 381 g/mol. The van der Waals surface area contributed by atoms with Crippen molar-refractivity contribution in [1.29, 1.82) is 0 Å². The Morgan fingerprint density at radius 3 is 2.60 bits per heavy atom. The molecule has 1 aliphatic heterocycles. The average molecular weight is 405 g/mol. The number of hydrogen-bond acceptors (Lipinski definition) is 3. The van der Waals surface area contributed by atoms with Crippen LogP contribution in [-0.2, 0) is 6.42 Å². The minimum absolute atomic E-state index is 0.0787. The van der Waals surface area contributed by atoms with Crippen LogP contribution in [0.1, 0.15) is 41.4 Å². The van der Waals surface area contributed by atoms with Gasteiger partial charge in [0, 0.05) is 24.9 Å². The smallest absolute Gasteiger partial charge is 0.272 e. The minimum Gasteiger partial charge on any atom is -0.339 e. The fraction of sp³-hybridized carbons (Fsp3) is 0.292. The molecule has 1 saturated heterocycles. The van der Waals surface area contributed by atoms with E-state index < -0.39 is 5.82 Å². The van der Waals surface area contributed by atoms with E-state index in [1.165, 1.54) is 6.07 Å². The molecule has 0 saturated carbocycles. The molecule has 2 aromatic carbocycles. The Balaban J connectivity index is 1.59. The summed E-state index contributed by atoms with van der Waals surface area (Å²) < 4.78 is 14.5. The molecule has 30 heavy (non-hydrogen) atoms. The Morgan fingerprint density at radius 2 is 1.90 bits per heavy atom. The van der Waals surface area contributed by atoms with Gasteiger partial charge in [-0.1, -0.05) is 36.4 Å². The summed E-state index contributed by atoms with van der Waals surface area (Å²) in [5.41, 5.74) is 2.41. The van der Waals surface area contributed by atoms with Crippen molar-refractivity contribution >= 4 is 16.7 Å². The lowest BCUT2D eigenvalue weighted by Gasteiger charge is -2.32. The van der Waals surface area contributed by atoms with Crippen LogP contribution in [0.3, 0.4) is 0 Å². The predicted molar refractivity (Wildman–Crippen MR) is 115 cm³/mol. The lowest BCUT2D eigenvalue weighted by atomic mass is 9.90. The number of carbonyl (C=O) groups is 1.